The van der Waals surface area contributed by atoms with Gasteiger partial charge in [0.1, 0.15) is 0 Å². The van der Waals surface area contributed by atoms with Crippen molar-refractivity contribution in [2.75, 3.05) is 6.54 Å². The quantitative estimate of drug-likeness (QED) is 0.722. The molecule has 0 radical (unpaired) electrons. The predicted molar refractivity (Wildman–Crippen MR) is 60.2 cm³/mol. The third kappa shape index (κ3) is 1.96. The molecule has 0 heterocycles. The highest BCUT2D eigenvalue weighted by molar-refractivity contribution is 4.96. The Labute approximate surface area is 87.6 Å². The van der Waals surface area contributed by atoms with Crippen LogP contribution in [0.4, 0.5) is 0 Å². The highest BCUT2D eigenvalue weighted by atomic mass is 15.0. The van der Waals surface area contributed by atoms with Gasteiger partial charge >= 0.3 is 0 Å². The van der Waals surface area contributed by atoms with Crippen molar-refractivity contribution in [2.24, 2.45) is 11.7 Å². The molecule has 2 saturated carbocycles. The van der Waals surface area contributed by atoms with Crippen molar-refractivity contribution < 1.29 is 0 Å². The zero-order chi connectivity index (χ0) is 10.0. The second-order valence-electron chi connectivity index (χ2n) is 5.22. The first-order chi connectivity index (χ1) is 6.76. The van der Waals surface area contributed by atoms with E-state index in [1.54, 1.807) is 0 Å². The summed E-state index contributed by atoms with van der Waals surface area (Å²) in [5.41, 5.74) is 6.57. The highest BCUT2D eigenvalue weighted by Crippen LogP contribution is 2.35. The van der Waals surface area contributed by atoms with Crippen LogP contribution in [0.1, 0.15) is 51.9 Å². The summed E-state index contributed by atoms with van der Waals surface area (Å²) in [5, 5.41) is 3.77. The van der Waals surface area contributed by atoms with Gasteiger partial charge in [0.15, 0.2) is 0 Å². The summed E-state index contributed by atoms with van der Waals surface area (Å²) < 4.78 is 0. The van der Waals surface area contributed by atoms with Crippen LogP contribution in [0.25, 0.3) is 0 Å². The average molecular weight is 196 g/mol. The summed E-state index contributed by atoms with van der Waals surface area (Å²) in [4.78, 5) is 0. The molecule has 0 aromatic rings. The van der Waals surface area contributed by atoms with Crippen LogP contribution in [-0.2, 0) is 0 Å². The van der Waals surface area contributed by atoms with Crippen LogP contribution in [0.5, 0.6) is 0 Å². The van der Waals surface area contributed by atoms with Crippen molar-refractivity contribution in [3.05, 3.63) is 0 Å². The van der Waals surface area contributed by atoms with Gasteiger partial charge in [0, 0.05) is 11.6 Å². The molecule has 2 unspecified atom stereocenters. The number of nitrogens with two attached hydrogens (primary N) is 1. The first-order valence-electron chi connectivity index (χ1n) is 6.26. The predicted octanol–water partition coefficient (Wildman–Crippen LogP) is 2.04. The molecule has 0 aromatic carbocycles. The van der Waals surface area contributed by atoms with Crippen LogP contribution < -0.4 is 11.1 Å². The Hall–Kier alpha value is -0.0800. The summed E-state index contributed by atoms with van der Waals surface area (Å²) in [6.07, 6.45) is 9.38. The van der Waals surface area contributed by atoms with E-state index < -0.39 is 0 Å². The summed E-state index contributed by atoms with van der Waals surface area (Å²) in [6, 6.07) is 0.469. The van der Waals surface area contributed by atoms with E-state index in [1.165, 1.54) is 44.9 Å². The van der Waals surface area contributed by atoms with E-state index >= 15 is 0 Å². The maximum Gasteiger partial charge on any atom is 0.0179 e. The topological polar surface area (TPSA) is 38.0 Å². The van der Waals surface area contributed by atoms with E-state index in [2.05, 4.69) is 12.2 Å². The minimum atomic E-state index is 0.469. The van der Waals surface area contributed by atoms with Gasteiger partial charge < -0.3 is 11.1 Å². The van der Waals surface area contributed by atoms with Crippen molar-refractivity contribution >= 4 is 0 Å². The Bertz CT molecular complexity index is 181. The van der Waals surface area contributed by atoms with Crippen LogP contribution in [0.3, 0.4) is 0 Å². The molecule has 2 rings (SSSR count). The molecule has 2 nitrogen and oxygen atoms in total. The molecule has 2 fully saturated rings. The molecule has 3 N–H and O–H groups in total. The lowest BCUT2D eigenvalue weighted by Gasteiger charge is -2.43. The van der Waals surface area contributed by atoms with E-state index in [9.17, 15) is 0 Å². The standard InChI is InChI=1S/C12H24N2/c1-2-12(7-4-8-12)14-9-10-5-3-6-11(10)13/h10-11,14H,2-9,13H2,1H3. The minimum absolute atomic E-state index is 0.469. The summed E-state index contributed by atoms with van der Waals surface area (Å²) >= 11 is 0. The van der Waals surface area contributed by atoms with E-state index in [1.807, 2.05) is 0 Å². The number of rotatable bonds is 4. The fraction of sp³-hybridized carbons (Fsp3) is 1.00. The van der Waals surface area contributed by atoms with Crippen LogP contribution in [0, 0.1) is 5.92 Å². The summed E-state index contributed by atoms with van der Waals surface area (Å²) in [6.45, 7) is 3.47. The third-order valence-corrected chi connectivity index (χ3v) is 4.44. The highest BCUT2D eigenvalue weighted by Gasteiger charge is 2.35. The monoisotopic (exact) mass is 196 g/mol. The third-order valence-electron chi connectivity index (χ3n) is 4.44. The molecule has 14 heavy (non-hydrogen) atoms. The Balaban J connectivity index is 1.75. The Morgan fingerprint density at radius 3 is 2.50 bits per heavy atom. The fourth-order valence-electron chi connectivity index (χ4n) is 2.93. The molecule has 0 aromatic heterocycles. The van der Waals surface area contributed by atoms with Crippen molar-refractivity contribution in [1.82, 2.24) is 5.32 Å². The molecular weight excluding hydrogens is 172 g/mol. The number of nitrogens with one attached hydrogen (secondary N) is 1. The van der Waals surface area contributed by atoms with Gasteiger partial charge in [-0.25, -0.2) is 0 Å². The molecular formula is C12H24N2. The van der Waals surface area contributed by atoms with E-state index in [0.717, 1.165) is 12.5 Å². The minimum Gasteiger partial charge on any atom is -0.327 e. The smallest absolute Gasteiger partial charge is 0.0179 e. The van der Waals surface area contributed by atoms with Crippen molar-refractivity contribution in [2.45, 2.75) is 63.5 Å². The second kappa shape index (κ2) is 4.19. The second-order valence-corrected chi connectivity index (χ2v) is 5.22. The van der Waals surface area contributed by atoms with E-state index in [4.69, 9.17) is 5.73 Å². The average Bonchev–Trinajstić information content (AvgIpc) is 2.51. The van der Waals surface area contributed by atoms with Crippen molar-refractivity contribution in [1.29, 1.82) is 0 Å². The van der Waals surface area contributed by atoms with Gasteiger partial charge in [-0.15, -0.1) is 0 Å². The molecule has 0 aliphatic heterocycles. The molecule has 0 saturated heterocycles. The van der Waals surface area contributed by atoms with Gasteiger partial charge in [0.25, 0.3) is 0 Å². The number of hydrogen-bond acceptors (Lipinski definition) is 2. The van der Waals surface area contributed by atoms with Crippen LogP contribution in [-0.4, -0.2) is 18.1 Å². The lowest BCUT2D eigenvalue weighted by atomic mass is 9.74. The molecule has 2 aliphatic rings. The van der Waals surface area contributed by atoms with Gasteiger partial charge in [-0.3, -0.25) is 0 Å². The largest absolute Gasteiger partial charge is 0.327 e. The summed E-state index contributed by atoms with van der Waals surface area (Å²) in [7, 11) is 0. The molecule has 2 heteroatoms. The van der Waals surface area contributed by atoms with Crippen molar-refractivity contribution in [3.63, 3.8) is 0 Å². The summed E-state index contributed by atoms with van der Waals surface area (Å²) in [5.74, 6) is 0.749. The van der Waals surface area contributed by atoms with Gasteiger partial charge in [-0.1, -0.05) is 13.3 Å². The van der Waals surface area contributed by atoms with Crippen LogP contribution in [0.2, 0.25) is 0 Å². The molecule has 2 aliphatic carbocycles. The Morgan fingerprint density at radius 2 is 2.07 bits per heavy atom. The first kappa shape index (κ1) is 10.4. The van der Waals surface area contributed by atoms with Gasteiger partial charge in [-0.05, 0) is 51.0 Å². The van der Waals surface area contributed by atoms with Crippen molar-refractivity contribution in [3.8, 4) is 0 Å². The lowest BCUT2D eigenvalue weighted by molar-refractivity contribution is 0.166. The number of hydrogen-bond donors (Lipinski definition) is 2. The van der Waals surface area contributed by atoms with Crippen LogP contribution in [0.15, 0.2) is 0 Å². The molecule has 0 bridgehead atoms. The zero-order valence-electron chi connectivity index (χ0n) is 9.39. The van der Waals surface area contributed by atoms with E-state index in [-0.39, 0.29) is 0 Å². The molecule has 0 amide bonds. The first-order valence-corrected chi connectivity index (χ1v) is 6.26. The molecule has 0 spiro atoms. The normalized spacial score (nSPS) is 35.6. The molecule has 2 atom stereocenters. The fourth-order valence-corrected chi connectivity index (χ4v) is 2.93. The molecule has 82 valence electrons. The SMILES string of the molecule is CCC1(NCC2CCCC2N)CCC1. The van der Waals surface area contributed by atoms with Gasteiger partial charge in [0.05, 0.1) is 0 Å². The zero-order valence-corrected chi connectivity index (χ0v) is 9.39. The van der Waals surface area contributed by atoms with E-state index in [0.29, 0.717) is 11.6 Å². The van der Waals surface area contributed by atoms with Gasteiger partial charge in [-0.2, -0.15) is 0 Å². The maximum atomic E-state index is 6.07. The van der Waals surface area contributed by atoms with Crippen LogP contribution >= 0.6 is 0 Å². The Morgan fingerprint density at radius 1 is 1.29 bits per heavy atom. The lowest BCUT2D eigenvalue weighted by Crippen LogP contribution is -2.52. The maximum absolute atomic E-state index is 6.07. The van der Waals surface area contributed by atoms with Gasteiger partial charge in [0.2, 0.25) is 0 Å². The Kier molecular flexibility index (Phi) is 3.13.